The number of aliphatic hydroxyl groups is 1. The van der Waals surface area contributed by atoms with Gasteiger partial charge in [-0.15, -0.1) is 0 Å². The van der Waals surface area contributed by atoms with Crippen LogP contribution in [0.15, 0.2) is 29.4 Å². The van der Waals surface area contributed by atoms with Crippen molar-refractivity contribution in [3.05, 3.63) is 35.0 Å². The average molecular weight is 244 g/mol. The first-order valence-electron chi connectivity index (χ1n) is 5.99. The Bertz CT molecular complexity index is 729. The molecule has 1 aromatic heterocycles. The van der Waals surface area contributed by atoms with Crippen LogP contribution in [0.3, 0.4) is 0 Å². The lowest BCUT2D eigenvalue weighted by Crippen LogP contribution is -2.46. The Morgan fingerprint density at radius 3 is 2.89 bits per heavy atom. The van der Waals surface area contributed by atoms with E-state index in [0.29, 0.717) is 11.9 Å². The number of aliphatic hydroxyl groups excluding tert-OH is 1. The molecule has 18 heavy (non-hydrogen) atoms. The van der Waals surface area contributed by atoms with Crippen LogP contribution in [0, 0.1) is 0 Å². The quantitative estimate of drug-likeness (QED) is 0.647. The summed E-state index contributed by atoms with van der Waals surface area (Å²) in [6.07, 6.45) is 1.07. The van der Waals surface area contributed by atoms with Crippen molar-refractivity contribution in [3.8, 4) is 0 Å². The van der Waals surface area contributed by atoms with E-state index in [1.54, 1.807) is 0 Å². The van der Waals surface area contributed by atoms with Crippen molar-refractivity contribution in [2.75, 3.05) is 0 Å². The van der Waals surface area contributed by atoms with E-state index in [0.717, 1.165) is 21.5 Å². The Hall–Kier alpha value is -2.01. The Kier molecular flexibility index (Phi) is 2.31. The number of benzene rings is 1. The van der Waals surface area contributed by atoms with Crippen molar-refractivity contribution in [3.63, 3.8) is 0 Å². The summed E-state index contributed by atoms with van der Waals surface area (Å²) in [5.41, 5.74) is 6.98. The van der Waals surface area contributed by atoms with Crippen molar-refractivity contribution >= 4 is 16.7 Å². The minimum Gasteiger partial charge on any atom is -0.385 e. The van der Waals surface area contributed by atoms with Gasteiger partial charge in [0.15, 0.2) is 0 Å². The summed E-state index contributed by atoms with van der Waals surface area (Å²) >= 11 is 0. The molecule has 94 valence electrons. The van der Waals surface area contributed by atoms with Gasteiger partial charge in [0.2, 0.25) is 6.35 Å². The summed E-state index contributed by atoms with van der Waals surface area (Å²) in [6, 6.07) is 6.38. The Balaban J connectivity index is 2.45. The Labute approximate surface area is 104 Å². The van der Waals surface area contributed by atoms with E-state index in [2.05, 4.69) is 28.7 Å². The number of nitrogens with two attached hydrogens (primary N) is 1. The first kappa shape index (κ1) is 11.1. The number of nitrogens with one attached hydrogen (secondary N) is 1. The van der Waals surface area contributed by atoms with Crippen molar-refractivity contribution < 1.29 is 5.11 Å². The Morgan fingerprint density at radius 2 is 2.17 bits per heavy atom. The van der Waals surface area contributed by atoms with Crippen LogP contribution in [0.2, 0.25) is 0 Å². The molecule has 0 fully saturated rings. The molecule has 1 aliphatic heterocycles. The lowest BCUT2D eigenvalue weighted by atomic mass is 10.2. The molecule has 5 nitrogen and oxygen atoms in total. The normalized spacial score (nSPS) is 18.7. The number of rotatable bonds is 1. The number of nitrogens with zero attached hydrogens (tertiary/aromatic N) is 2. The van der Waals surface area contributed by atoms with Gasteiger partial charge in [0.05, 0.1) is 10.9 Å². The number of fused-ring (bicyclic) bond motifs is 3. The van der Waals surface area contributed by atoms with Gasteiger partial charge in [-0.2, -0.15) is 0 Å². The van der Waals surface area contributed by atoms with Gasteiger partial charge in [-0.1, -0.05) is 0 Å². The van der Waals surface area contributed by atoms with Crippen LogP contribution in [-0.2, 0) is 0 Å². The smallest absolute Gasteiger partial charge is 0.224 e. The highest BCUT2D eigenvalue weighted by Gasteiger charge is 2.12. The molecule has 1 atom stereocenters. The van der Waals surface area contributed by atoms with Crippen LogP contribution in [0.1, 0.15) is 19.9 Å². The van der Waals surface area contributed by atoms with E-state index < -0.39 is 6.35 Å². The molecule has 0 amide bonds. The average Bonchev–Trinajstić information content (AvgIpc) is 2.72. The lowest BCUT2D eigenvalue weighted by Gasteiger charge is -2.15. The molecule has 0 aliphatic carbocycles. The molecule has 0 spiro atoms. The predicted molar refractivity (Wildman–Crippen MR) is 69.8 cm³/mol. The standard InChI is InChI=1S/C13H16N4O/c1-7(2)17-6-5-8-10(17)4-3-9-11(8)15-13(18)16-12(9)14/h3-7,13,16,18H,14H2,1-2H3. The SMILES string of the molecule is CC(C)n1ccc2c3c(ccc21)=C(N)NC(O)N=3. The van der Waals surface area contributed by atoms with Crippen LogP contribution >= 0.6 is 0 Å². The highest BCUT2D eigenvalue weighted by Crippen LogP contribution is 2.16. The van der Waals surface area contributed by atoms with Gasteiger partial charge in [0.25, 0.3) is 0 Å². The fourth-order valence-corrected chi connectivity index (χ4v) is 2.40. The summed E-state index contributed by atoms with van der Waals surface area (Å²) in [7, 11) is 0. The maximum absolute atomic E-state index is 9.62. The highest BCUT2D eigenvalue weighted by molar-refractivity contribution is 5.80. The summed E-state index contributed by atoms with van der Waals surface area (Å²) < 4.78 is 2.18. The van der Waals surface area contributed by atoms with E-state index in [-0.39, 0.29) is 0 Å². The molecule has 1 aliphatic rings. The van der Waals surface area contributed by atoms with E-state index in [4.69, 9.17) is 5.73 Å². The molecule has 3 rings (SSSR count). The predicted octanol–water partition coefficient (Wildman–Crippen LogP) is -0.255. The third kappa shape index (κ3) is 1.48. The number of hydrogen-bond acceptors (Lipinski definition) is 4. The van der Waals surface area contributed by atoms with Crippen LogP contribution in [0.4, 0.5) is 0 Å². The zero-order valence-corrected chi connectivity index (χ0v) is 10.4. The van der Waals surface area contributed by atoms with Crippen molar-refractivity contribution in [2.45, 2.75) is 26.2 Å². The van der Waals surface area contributed by atoms with Gasteiger partial charge < -0.3 is 20.7 Å². The molecule has 2 aromatic rings. The lowest BCUT2D eigenvalue weighted by molar-refractivity contribution is 0.159. The number of hydrogen-bond donors (Lipinski definition) is 3. The van der Waals surface area contributed by atoms with Crippen LogP contribution < -0.4 is 21.6 Å². The summed E-state index contributed by atoms with van der Waals surface area (Å²) in [5.74, 6) is 0.465. The maximum Gasteiger partial charge on any atom is 0.224 e. The van der Waals surface area contributed by atoms with E-state index in [1.807, 2.05) is 24.4 Å². The van der Waals surface area contributed by atoms with Crippen LogP contribution in [-0.4, -0.2) is 16.0 Å². The van der Waals surface area contributed by atoms with Gasteiger partial charge >= 0.3 is 0 Å². The molecule has 0 saturated heterocycles. The van der Waals surface area contributed by atoms with Crippen molar-refractivity contribution in [2.24, 2.45) is 10.7 Å². The summed E-state index contributed by atoms with van der Waals surface area (Å²) in [4.78, 5) is 4.23. The van der Waals surface area contributed by atoms with Gasteiger partial charge in [-0.05, 0) is 32.0 Å². The second-order valence-electron chi connectivity index (χ2n) is 4.77. The summed E-state index contributed by atoms with van der Waals surface area (Å²) in [6.45, 7) is 4.26. The topological polar surface area (TPSA) is 75.6 Å². The maximum atomic E-state index is 9.62. The van der Waals surface area contributed by atoms with Gasteiger partial charge in [-0.25, -0.2) is 4.99 Å². The highest BCUT2D eigenvalue weighted by atomic mass is 16.3. The van der Waals surface area contributed by atoms with Crippen molar-refractivity contribution in [1.29, 1.82) is 0 Å². The third-order valence-electron chi connectivity index (χ3n) is 3.26. The molecule has 4 N–H and O–H groups in total. The summed E-state index contributed by atoms with van der Waals surface area (Å²) in [5, 5.41) is 14.9. The second-order valence-corrected chi connectivity index (χ2v) is 4.77. The molecular weight excluding hydrogens is 228 g/mol. The van der Waals surface area contributed by atoms with Gasteiger partial charge in [-0.3, -0.25) is 0 Å². The number of aromatic nitrogens is 1. The molecule has 1 unspecified atom stereocenters. The molecular formula is C13H16N4O. The first-order chi connectivity index (χ1) is 8.58. The van der Waals surface area contributed by atoms with Gasteiger partial charge in [0.1, 0.15) is 5.82 Å². The largest absolute Gasteiger partial charge is 0.385 e. The van der Waals surface area contributed by atoms with Gasteiger partial charge in [0, 0.05) is 22.8 Å². The minimum atomic E-state index is -0.967. The van der Waals surface area contributed by atoms with E-state index >= 15 is 0 Å². The van der Waals surface area contributed by atoms with E-state index in [9.17, 15) is 5.11 Å². The molecule has 0 saturated carbocycles. The fraction of sp³-hybridized carbons (Fsp3) is 0.308. The monoisotopic (exact) mass is 244 g/mol. The fourth-order valence-electron chi connectivity index (χ4n) is 2.40. The Morgan fingerprint density at radius 1 is 1.39 bits per heavy atom. The second kappa shape index (κ2) is 3.74. The molecule has 5 heteroatoms. The van der Waals surface area contributed by atoms with Crippen molar-refractivity contribution in [1.82, 2.24) is 9.88 Å². The molecule has 0 bridgehead atoms. The molecule has 1 aromatic carbocycles. The van der Waals surface area contributed by atoms with Crippen LogP contribution in [0.25, 0.3) is 16.7 Å². The first-order valence-corrected chi connectivity index (χ1v) is 5.99. The zero-order chi connectivity index (χ0) is 12.9. The zero-order valence-electron chi connectivity index (χ0n) is 10.4. The van der Waals surface area contributed by atoms with E-state index in [1.165, 1.54) is 0 Å². The third-order valence-corrected chi connectivity index (χ3v) is 3.26. The molecule has 0 radical (unpaired) electrons. The van der Waals surface area contributed by atoms with Crippen LogP contribution in [0.5, 0.6) is 0 Å². The minimum absolute atomic E-state index is 0.383. The molecule has 2 heterocycles.